The Bertz CT molecular complexity index is 130. The maximum absolute atomic E-state index is 10.9. The number of nitrogens with zero attached hydrogens (tertiary/aromatic N) is 1. The van der Waals surface area contributed by atoms with Gasteiger partial charge in [0.1, 0.15) is 0 Å². The molecule has 0 spiro atoms. The molecule has 1 aliphatic rings. The van der Waals surface area contributed by atoms with Crippen molar-refractivity contribution in [3.05, 3.63) is 7.05 Å². The van der Waals surface area contributed by atoms with Crippen molar-refractivity contribution in [3.8, 4) is 0 Å². The van der Waals surface area contributed by atoms with Crippen molar-refractivity contribution in [2.75, 3.05) is 19.6 Å². The van der Waals surface area contributed by atoms with Crippen LogP contribution in [0.2, 0.25) is 0 Å². The van der Waals surface area contributed by atoms with Crippen LogP contribution in [0.3, 0.4) is 0 Å². The molecule has 0 bridgehead atoms. The van der Waals surface area contributed by atoms with Gasteiger partial charge in [-0.3, -0.25) is 9.69 Å². The molecule has 0 unspecified atom stereocenters. The predicted octanol–water partition coefficient (Wildman–Crippen LogP) is 0.380. The van der Waals surface area contributed by atoms with Gasteiger partial charge in [-0.05, 0) is 25.9 Å². The van der Waals surface area contributed by atoms with Crippen molar-refractivity contribution < 1.29 is 4.79 Å². The number of likely N-dealkylation sites (tertiary alicyclic amines) is 1. The third-order valence-electron chi connectivity index (χ3n) is 2.01. The monoisotopic (exact) mass is 155 g/mol. The maximum Gasteiger partial charge on any atom is 0.234 e. The van der Waals surface area contributed by atoms with Crippen molar-refractivity contribution in [1.82, 2.24) is 10.2 Å². The number of nitrogens with one attached hydrogen (secondary N) is 1. The normalized spacial score (nSPS) is 19.7. The number of amides is 1. The minimum atomic E-state index is 0.0203. The average Bonchev–Trinajstić information content (AvgIpc) is 2.06. The first-order valence-corrected chi connectivity index (χ1v) is 4.11. The summed E-state index contributed by atoms with van der Waals surface area (Å²) in [6, 6.07) is 0. The number of hydrogen-bond donors (Lipinski definition) is 1. The molecule has 1 radical (unpaired) electrons. The average molecular weight is 155 g/mol. The SMILES string of the molecule is [CH2]NC(=O)CN1CCCCC1. The Balaban J connectivity index is 2.19. The first-order valence-electron chi connectivity index (χ1n) is 4.11. The molecule has 0 aliphatic carbocycles. The molecular weight excluding hydrogens is 140 g/mol. The van der Waals surface area contributed by atoms with Crippen LogP contribution in [-0.2, 0) is 4.79 Å². The molecule has 3 heteroatoms. The van der Waals surface area contributed by atoms with E-state index in [1.807, 2.05) is 0 Å². The highest BCUT2D eigenvalue weighted by Crippen LogP contribution is 2.07. The van der Waals surface area contributed by atoms with Crippen molar-refractivity contribution in [1.29, 1.82) is 0 Å². The molecule has 0 aromatic carbocycles. The second kappa shape index (κ2) is 4.34. The van der Waals surface area contributed by atoms with Crippen LogP contribution < -0.4 is 5.32 Å². The van der Waals surface area contributed by atoms with Crippen LogP contribution in [0.5, 0.6) is 0 Å². The fourth-order valence-electron chi connectivity index (χ4n) is 1.38. The lowest BCUT2D eigenvalue weighted by molar-refractivity contribution is -0.121. The minimum Gasteiger partial charge on any atom is -0.353 e. The highest BCUT2D eigenvalue weighted by molar-refractivity contribution is 5.78. The van der Waals surface area contributed by atoms with Gasteiger partial charge < -0.3 is 5.32 Å². The molecule has 0 aromatic heterocycles. The third kappa shape index (κ3) is 2.89. The molecule has 1 N–H and O–H groups in total. The van der Waals surface area contributed by atoms with E-state index in [9.17, 15) is 4.79 Å². The van der Waals surface area contributed by atoms with Crippen LogP contribution >= 0.6 is 0 Å². The van der Waals surface area contributed by atoms with Crippen LogP contribution in [0.1, 0.15) is 19.3 Å². The Morgan fingerprint density at radius 3 is 2.55 bits per heavy atom. The van der Waals surface area contributed by atoms with Gasteiger partial charge in [0.2, 0.25) is 5.91 Å². The lowest BCUT2D eigenvalue weighted by atomic mass is 10.1. The van der Waals surface area contributed by atoms with E-state index in [2.05, 4.69) is 17.3 Å². The minimum absolute atomic E-state index is 0.0203. The lowest BCUT2D eigenvalue weighted by Gasteiger charge is -2.25. The van der Waals surface area contributed by atoms with Crippen molar-refractivity contribution in [3.63, 3.8) is 0 Å². The van der Waals surface area contributed by atoms with Crippen LogP contribution in [0.15, 0.2) is 0 Å². The first-order chi connectivity index (χ1) is 5.33. The van der Waals surface area contributed by atoms with Gasteiger partial charge in [0.25, 0.3) is 0 Å². The van der Waals surface area contributed by atoms with E-state index in [1.165, 1.54) is 19.3 Å². The quantitative estimate of drug-likeness (QED) is 0.625. The summed E-state index contributed by atoms with van der Waals surface area (Å²) < 4.78 is 0. The second-order valence-corrected chi connectivity index (χ2v) is 2.94. The number of piperidine rings is 1. The summed E-state index contributed by atoms with van der Waals surface area (Å²) in [5.41, 5.74) is 0. The number of carbonyl (C=O) groups excluding carboxylic acids is 1. The van der Waals surface area contributed by atoms with Crippen molar-refractivity contribution in [2.45, 2.75) is 19.3 Å². The highest BCUT2D eigenvalue weighted by Gasteiger charge is 2.11. The van der Waals surface area contributed by atoms with Gasteiger partial charge in [-0.15, -0.1) is 0 Å². The first kappa shape index (κ1) is 8.53. The number of carbonyl (C=O) groups is 1. The largest absolute Gasteiger partial charge is 0.353 e. The highest BCUT2D eigenvalue weighted by atomic mass is 16.1. The Kier molecular flexibility index (Phi) is 3.36. The van der Waals surface area contributed by atoms with E-state index in [4.69, 9.17) is 0 Å². The van der Waals surface area contributed by atoms with Crippen molar-refractivity contribution >= 4 is 5.91 Å². The topological polar surface area (TPSA) is 32.3 Å². The lowest BCUT2D eigenvalue weighted by Crippen LogP contribution is -2.38. The van der Waals surface area contributed by atoms with E-state index < -0.39 is 0 Å². The fourth-order valence-corrected chi connectivity index (χ4v) is 1.38. The fraction of sp³-hybridized carbons (Fsp3) is 0.750. The number of hydrogen-bond acceptors (Lipinski definition) is 2. The van der Waals surface area contributed by atoms with Gasteiger partial charge in [-0.25, -0.2) is 0 Å². The van der Waals surface area contributed by atoms with Gasteiger partial charge in [-0.2, -0.15) is 0 Å². The standard InChI is InChI=1S/C8H15N2O/c1-9-8(11)7-10-5-3-2-4-6-10/h1-7H2,(H,9,11). The molecule has 11 heavy (non-hydrogen) atoms. The van der Waals surface area contributed by atoms with Crippen LogP contribution in [0, 0.1) is 7.05 Å². The van der Waals surface area contributed by atoms with E-state index in [1.54, 1.807) is 0 Å². The summed E-state index contributed by atoms with van der Waals surface area (Å²) in [5.74, 6) is 0.0203. The van der Waals surface area contributed by atoms with Crippen LogP contribution in [0.25, 0.3) is 0 Å². The number of rotatable bonds is 2. The van der Waals surface area contributed by atoms with Crippen LogP contribution in [-0.4, -0.2) is 30.4 Å². The zero-order chi connectivity index (χ0) is 8.10. The molecule has 1 saturated heterocycles. The molecule has 1 rings (SSSR count). The third-order valence-corrected chi connectivity index (χ3v) is 2.01. The molecule has 1 aliphatic heterocycles. The zero-order valence-electron chi connectivity index (χ0n) is 6.81. The van der Waals surface area contributed by atoms with Gasteiger partial charge in [0.05, 0.1) is 6.54 Å². The summed E-state index contributed by atoms with van der Waals surface area (Å²) >= 11 is 0. The van der Waals surface area contributed by atoms with Gasteiger partial charge in [0.15, 0.2) is 0 Å². The van der Waals surface area contributed by atoms with E-state index in [0.717, 1.165) is 13.1 Å². The molecule has 1 amide bonds. The molecule has 3 nitrogen and oxygen atoms in total. The van der Waals surface area contributed by atoms with E-state index in [-0.39, 0.29) is 5.91 Å². The molecule has 63 valence electrons. The van der Waals surface area contributed by atoms with Crippen LogP contribution in [0.4, 0.5) is 0 Å². The van der Waals surface area contributed by atoms with Crippen molar-refractivity contribution in [2.24, 2.45) is 0 Å². The van der Waals surface area contributed by atoms with Gasteiger partial charge in [0, 0.05) is 7.05 Å². The summed E-state index contributed by atoms with van der Waals surface area (Å²) in [5, 5.41) is 2.38. The zero-order valence-corrected chi connectivity index (χ0v) is 6.81. The summed E-state index contributed by atoms with van der Waals surface area (Å²) in [6.07, 6.45) is 3.76. The smallest absolute Gasteiger partial charge is 0.234 e. The van der Waals surface area contributed by atoms with E-state index in [0.29, 0.717) is 6.54 Å². The molecule has 1 fully saturated rings. The predicted molar refractivity (Wildman–Crippen MR) is 43.8 cm³/mol. The Labute approximate surface area is 67.8 Å². The Morgan fingerprint density at radius 1 is 1.36 bits per heavy atom. The summed E-state index contributed by atoms with van der Waals surface area (Å²) in [4.78, 5) is 13.0. The molecule has 0 aromatic rings. The van der Waals surface area contributed by atoms with E-state index >= 15 is 0 Å². The summed E-state index contributed by atoms with van der Waals surface area (Å²) in [6.45, 7) is 2.64. The summed E-state index contributed by atoms with van der Waals surface area (Å²) in [7, 11) is 3.32. The molecular formula is C8H15N2O. The second-order valence-electron chi connectivity index (χ2n) is 2.94. The molecule has 0 atom stereocenters. The van der Waals surface area contributed by atoms with Gasteiger partial charge >= 0.3 is 0 Å². The maximum atomic E-state index is 10.9. The molecule has 0 saturated carbocycles. The Morgan fingerprint density at radius 2 is 2.00 bits per heavy atom. The molecule has 1 heterocycles. The van der Waals surface area contributed by atoms with Gasteiger partial charge in [-0.1, -0.05) is 6.42 Å². The Hall–Kier alpha value is -0.570.